The third-order valence-electron chi connectivity index (χ3n) is 3.01. The second-order valence-corrected chi connectivity index (χ2v) is 4.26. The highest BCUT2D eigenvalue weighted by molar-refractivity contribution is 5.70. The second kappa shape index (κ2) is 5.55. The number of alkyl carbamates (subject to hydrolysis) is 1. The van der Waals surface area contributed by atoms with Gasteiger partial charge in [-0.2, -0.15) is 0 Å². The molecular weight excluding hydrogens is 268 g/mol. The number of nitro groups is 1. The Morgan fingerprint density at radius 3 is 3.05 bits per heavy atom. The van der Waals surface area contributed by atoms with E-state index >= 15 is 0 Å². The summed E-state index contributed by atoms with van der Waals surface area (Å²) in [6.07, 6.45) is 1.28. The van der Waals surface area contributed by atoms with E-state index < -0.39 is 11.0 Å². The molecule has 2 rings (SSSR count). The van der Waals surface area contributed by atoms with Gasteiger partial charge in [0.2, 0.25) is 11.6 Å². The fourth-order valence-corrected chi connectivity index (χ4v) is 2.09. The Hall–Kier alpha value is -2.65. The highest BCUT2D eigenvalue weighted by atomic mass is 16.6. The van der Waals surface area contributed by atoms with Crippen LogP contribution in [0.2, 0.25) is 0 Å². The monoisotopic (exact) mass is 282 g/mol. The van der Waals surface area contributed by atoms with E-state index in [9.17, 15) is 14.9 Å². The molecule has 1 saturated heterocycles. The Labute approximate surface area is 114 Å². The van der Waals surface area contributed by atoms with Crippen molar-refractivity contribution in [3.63, 3.8) is 0 Å². The summed E-state index contributed by atoms with van der Waals surface area (Å²) in [5.74, 6) is -0.0129. The summed E-state index contributed by atoms with van der Waals surface area (Å²) in [5.41, 5.74) is 5.20. The standard InChI is InChI=1S/C10H14N6O4/c1-20-10(17)14-6-2-3-15(4-6)9-7(16(18)19)8(11)12-5-13-9/h5-6H,2-4H2,1H3,(H,14,17)(H2,11,12,13). The first-order chi connectivity index (χ1) is 9.52. The van der Waals surface area contributed by atoms with Gasteiger partial charge in [0.05, 0.1) is 18.1 Å². The fraction of sp³-hybridized carbons (Fsp3) is 0.500. The van der Waals surface area contributed by atoms with E-state index in [2.05, 4.69) is 20.0 Å². The van der Waals surface area contributed by atoms with Gasteiger partial charge in [-0.1, -0.05) is 0 Å². The van der Waals surface area contributed by atoms with Crippen LogP contribution in [0.25, 0.3) is 0 Å². The summed E-state index contributed by atoms with van der Waals surface area (Å²) in [4.78, 5) is 30.8. The van der Waals surface area contributed by atoms with Gasteiger partial charge in [0.1, 0.15) is 6.33 Å². The van der Waals surface area contributed by atoms with Crippen LogP contribution >= 0.6 is 0 Å². The Kier molecular flexibility index (Phi) is 3.82. The molecule has 1 unspecified atom stereocenters. The van der Waals surface area contributed by atoms with Crippen molar-refractivity contribution >= 4 is 23.4 Å². The molecule has 0 saturated carbocycles. The van der Waals surface area contributed by atoms with Crippen LogP contribution in [0.5, 0.6) is 0 Å². The third kappa shape index (κ3) is 2.68. The zero-order valence-electron chi connectivity index (χ0n) is 10.8. The number of carbonyl (C=O) groups excluding carboxylic acids is 1. The highest BCUT2D eigenvalue weighted by Gasteiger charge is 2.31. The number of ether oxygens (including phenoxy) is 1. The molecule has 1 aliphatic heterocycles. The smallest absolute Gasteiger partial charge is 0.407 e. The van der Waals surface area contributed by atoms with Crippen LogP contribution in [0, 0.1) is 10.1 Å². The minimum atomic E-state index is -0.605. The lowest BCUT2D eigenvalue weighted by molar-refractivity contribution is -0.383. The molecule has 1 atom stereocenters. The Bertz CT molecular complexity index is 536. The third-order valence-corrected chi connectivity index (χ3v) is 3.01. The van der Waals surface area contributed by atoms with Crippen molar-refractivity contribution < 1.29 is 14.5 Å². The van der Waals surface area contributed by atoms with Crippen molar-refractivity contribution in [3.8, 4) is 0 Å². The number of rotatable bonds is 3. The zero-order valence-corrected chi connectivity index (χ0v) is 10.8. The number of nitrogens with one attached hydrogen (secondary N) is 1. The van der Waals surface area contributed by atoms with Gasteiger partial charge in [-0.15, -0.1) is 0 Å². The molecule has 10 nitrogen and oxygen atoms in total. The van der Waals surface area contributed by atoms with E-state index in [1.807, 2.05) is 0 Å². The minimum Gasteiger partial charge on any atom is -0.453 e. The lowest BCUT2D eigenvalue weighted by Crippen LogP contribution is -2.37. The van der Waals surface area contributed by atoms with Gasteiger partial charge in [-0.05, 0) is 6.42 Å². The number of nitrogen functional groups attached to an aromatic ring is 1. The van der Waals surface area contributed by atoms with Gasteiger partial charge in [-0.3, -0.25) is 10.1 Å². The van der Waals surface area contributed by atoms with Crippen LogP contribution in [-0.4, -0.2) is 47.2 Å². The van der Waals surface area contributed by atoms with Crippen molar-refractivity contribution in [1.82, 2.24) is 15.3 Å². The molecule has 0 radical (unpaired) electrons. The van der Waals surface area contributed by atoms with Gasteiger partial charge in [-0.25, -0.2) is 14.8 Å². The van der Waals surface area contributed by atoms with Crippen LogP contribution in [0.3, 0.4) is 0 Å². The summed E-state index contributed by atoms with van der Waals surface area (Å²) in [6, 6.07) is -0.154. The van der Waals surface area contributed by atoms with Gasteiger partial charge in [0.15, 0.2) is 0 Å². The van der Waals surface area contributed by atoms with Crippen molar-refractivity contribution in [2.45, 2.75) is 12.5 Å². The Morgan fingerprint density at radius 2 is 2.40 bits per heavy atom. The summed E-state index contributed by atoms with van der Waals surface area (Å²) < 4.78 is 4.51. The highest BCUT2D eigenvalue weighted by Crippen LogP contribution is 2.31. The number of hydrogen-bond acceptors (Lipinski definition) is 8. The van der Waals surface area contributed by atoms with E-state index in [1.165, 1.54) is 13.4 Å². The molecular formula is C10H14N6O4. The molecule has 10 heteroatoms. The number of aromatic nitrogens is 2. The predicted molar refractivity (Wildman–Crippen MR) is 69.3 cm³/mol. The van der Waals surface area contributed by atoms with Crippen LogP contribution in [0.15, 0.2) is 6.33 Å². The first-order valence-electron chi connectivity index (χ1n) is 5.87. The minimum absolute atomic E-state index is 0.154. The molecule has 1 aromatic heterocycles. The van der Waals surface area contributed by atoms with E-state index in [-0.39, 0.29) is 23.4 Å². The number of methoxy groups -OCH3 is 1. The average Bonchev–Trinajstić information content (AvgIpc) is 2.86. The maximum absolute atomic E-state index is 11.1. The molecule has 20 heavy (non-hydrogen) atoms. The summed E-state index contributed by atoms with van der Waals surface area (Å²) >= 11 is 0. The van der Waals surface area contributed by atoms with E-state index in [1.54, 1.807) is 4.90 Å². The van der Waals surface area contributed by atoms with Gasteiger partial charge in [0.25, 0.3) is 0 Å². The molecule has 3 N–H and O–H groups in total. The lowest BCUT2D eigenvalue weighted by atomic mass is 10.3. The van der Waals surface area contributed by atoms with E-state index in [0.717, 1.165) is 0 Å². The SMILES string of the molecule is COC(=O)NC1CCN(c2ncnc(N)c2[N+](=O)[O-])C1. The zero-order chi connectivity index (χ0) is 14.7. The molecule has 0 aromatic carbocycles. The average molecular weight is 282 g/mol. The molecule has 1 aliphatic rings. The van der Waals surface area contributed by atoms with Crippen molar-refractivity contribution in [3.05, 3.63) is 16.4 Å². The number of hydrogen-bond donors (Lipinski definition) is 2. The largest absolute Gasteiger partial charge is 0.453 e. The number of nitrogens with zero attached hydrogens (tertiary/aromatic N) is 4. The van der Waals surface area contributed by atoms with Crippen LogP contribution in [-0.2, 0) is 4.74 Å². The van der Waals surface area contributed by atoms with Gasteiger partial charge >= 0.3 is 11.8 Å². The maximum Gasteiger partial charge on any atom is 0.407 e. The molecule has 1 aromatic rings. The van der Waals surface area contributed by atoms with Crippen LogP contribution in [0.1, 0.15) is 6.42 Å². The number of nitrogens with two attached hydrogens (primary N) is 1. The number of carbonyl (C=O) groups is 1. The lowest BCUT2D eigenvalue weighted by Gasteiger charge is -2.17. The molecule has 2 heterocycles. The normalized spacial score (nSPS) is 17.9. The quantitative estimate of drug-likeness (QED) is 0.579. The Balaban J connectivity index is 2.16. The fourth-order valence-electron chi connectivity index (χ4n) is 2.09. The first-order valence-corrected chi connectivity index (χ1v) is 5.87. The first kappa shape index (κ1) is 13.8. The molecule has 0 spiro atoms. The molecule has 108 valence electrons. The van der Waals surface area contributed by atoms with E-state index in [4.69, 9.17) is 5.73 Å². The van der Waals surface area contributed by atoms with Crippen LogP contribution in [0.4, 0.5) is 22.1 Å². The topological polar surface area (TPSA) is 137 Å². The van der Waals surface area contributed by atoms with E-state index in [0.29, 0.717) is 19.5 Å². The van der Waals surface area contributed by atoms with Crippen molar-refractivity contribution in [2.75, 3.05) is 30.8 Å². The Morgan fingerprint density at radius 1 is 1.65 bits per heavy atom. The molecule has 1 fully saturated rings. The maximum atomic E-state index is 11.1. The van der Waals surface area contributed by atoms with Crippen molar-refractivity contribution in [1.29, 1.82) is 0 Å². The van der Waals surface area contributed by atoms with Crippen LogP contribution < -0.4 is 16.0 Å². The summed E-state index contributed by atoms with van der Waals surface area (Å²) in [6.45, 7) is 0.915. The predicted octanol–water partition coefficient (Wildman–Crippen LogP) is -0.0983. The molecule has 0 bridgehead atoms. The van der Waals surface area contributed by atoms with Gasteiger partial charge < -0.3 is 20.7 Å². The van der Waals surface area contributed by atoms with Crippen molar-refractivity contribution in [2.24, 2.45) is 0 Å². The molecule has 0 aliphatic carbocycles. The van der Waals surface area contributed by atoms with Gasteiger partial charge in [0, 0.05) is 13.1 Å². The summed E-state index contributed by atoms with van der Waals surface area (Å²) in [7, 11) is 1.28. The number of amides is 1. The molecule has 1 amide bonds. The number of anilines is 2. The summed E-state index contributed by atoms with van der Waals surface area (Å²) in [5, 5.41) is 13.7. The second-order valence-electron chi connectivity index (χ2n) is 4.26.